The number of fused-ring (bicyclic) bond motifs is 1. The van der Waals surface area contributed by atoms with Gasteiger partial charge in [-0.25, -0.2) is 13.4 Å². The van der Waals surface area contributed by atoms with Crippen molar-refractivity contribution in [2.75, 3.05) is 19.3 Å². The highest BCUT2D eigenvalue weighted by molar-refractivity contribution is 7.90. The molecule has 0 N–H and O–H groups in total. The number of sulfone groups is 1. The molecule has 3 aromatic rings. The summed E-state index contributed by atoms with van der Waals surface area (Å²) in [7, 11) is -3.51. The number of rotatable bonds is 6. The van der Waals surface area contributed by atoms with Gasteiger partial charge in [0.05, 0.1) is 17.6 Å². The lowest BCUT2D eigenvalue weighted by molar-refractivity contribution is -0.132. The van der Waals surface area contributed by atoms with Gasteiger partial charge in [-0.1, -0.05) is 0 Å². The Hall–Kier alpha value is -2.82. The van der Waals surface area contributed by atoms with Crippen molar-refractivity contribution in [2.45, 2.75) is 63.8 Å². The molecule has 0 radical (unpaired) electrons. The summed E-state index contributed by atoms with van der Waals surface area (Å²) in [5.74, 6) is 0.271. The van der Waals surface area contributed by atoms with Gasteiger partial charge in [-0.15, -0.1) is 0 Å². The highest BCUT2D eigenvalue weighted by Crippen LogP contribution is 2.31. The van der Waals surface area contributed by atoms with Crippen molar-refractivity contribution in [1.82, 2.24) is 34.3 Å². The molecule has 172 valence electrons. The first-order valence-corrected chi connectivity index (χ1v) is 12.8. The van der Waals surface area contributed by atoms with E-state index in [4.69, 9.17) is 0 Å². The molecular weight excluding hydrogens is 430 g/mol. The van der Waals surface area contributed by atoms with Crippen LogP contribution in [-0.2, 0) is 27.6 Å². The summed E-state index contributed by atoms with van der Waals surface area (Å²) in [6.45, 7) is 8.00. The van der Waals surface area contributed by atoms with Crippen molar-refractivity contribution in [1.29, 1.82) is 0 Å². The number of hydrogen-bond acceptors (Lipinski definition) is 7. The van der Waals surface area contributed by atoms with Gasteiger partial charge >= 0.3 is 0 Å². The summed E-state index contributed by atoms with van der Waals surface area (Å²) in [5.41, 5.74) is 3.77. The van der Waals surface area contributed by atoms with Gasteiger partial charge in [0.15, 0.2) is 9.84 Å². The maximum absolute atomic E-state index is 13.1. The predicted octanol–water partition coefficient (Wildman–Crippen LogP) is 1.70. The number of likely N-dealkylation sites (tertiary alicyclic amines) is 1. The van der Waals surface area contributed by atoms with Gasteiger partial charge in [0.25, 0.3) is 5.78 Å². The maximum atomic E-state index is 13.1. The molecule has 0 bridgehead atoms. The van der Waals surface area contributed by atoms with Crippen LogP contribution < -0.4 is 0 Å². The topological polar surface area (TPSA) is 115 Å². The van der Waals surface area contributed by atoms with Crippen LogP contribution in [0.15, 0.2) is 17.4 Å². The van der Waals surface area contributed by atoms with Crippen LogP contribution >= 0.6 is 0 Å². The van der Waals surface area contributed by atoms with E-state index in [2.05, 4.69) is 27.1 Å². The fraction of sp³-hybridized carbons (Fsp3) is 0.571. The fourth-order valence-electron chi connectivity index (χ4n) is 4.66. The van der Waals surface area contributed by atoms with Gasteiger partial charge in [0.1, 0.15) is 11.2 Å². The number of piperidine rings is 1. The molecule has 4 rings (SSSR count). The lowest BCUT2D eigenvalue weighted by Crippen LogP contribution is -2.40. The summed E-state index contributed by atoms with van der Waals surface area (Å²) in [4.78, 5) is 23.3. The smallest absolute Gasteiger partial charge is 0.252 e. The fourth-order valence-corrected chi connectivity index (χ4v) is 5.54. The Balaban J connectivity index is 1.55. The highest BCUT2D eigenvalue weighted by atomic mass is 32.2. The average molecular weight is 460 g/mol. The lowest BCUT2D eigenvalue weighted by atomic mass is 9.94. The number of nitrogens with zero attached hydrogens (tertiary/aromatic N) is 7. The zero-order chi connectivity index (χ0) is 23.0. The third-order valence-corrected chi connectivity index (χ3v) is 7.40. The number of carbonyl (C=O) groups excluding carboxylic acids is 1. The SMILES string of the molecule is CCn1nc(C)c(CCC(=O)N2CCCC(c3c(S(C)(=O)=O)cnc4ncnn34)C2)c1C. The second-order valence-corrected chi connectivity index (χ2v) is 10.4. The van der Waals surface area contributed by atoms with Gasteiger partial charge in [0.2, 0.25) is 5.91 Å². The Kier molecular flexibility index (Phi) is 6.02. The normalized spacial score (nSPS) is 17.2. The van der Waals surface area contributed by atoms with E-state index in [0.717, 1.165) is 36.3 Å². The van der Waals surface area contributed by atoms with Crippen LogP contribution in [0.5, 0.6) is 0 Å². The number of aromatic nitrogens is 6. The molecule has 1 amide bonds. The predicted molar refractivity (Wildman–Crippen MR) is 118 cm³/mol. The number of aryl methyl sites for hydroxylation is 2. The molecule has 1 unspecified atom stereocenters. The Morgan fingerprint density at radius 3 is 2.72 bits per heavy atom. The van der Waals surface area contributed by atoms with Crippen LogP contribution in [0.1, 0.15) is 54.7 Å². The Bertz CT molecular complexity index is 1260. The molecule has 1 fully saturated rings. The van der Waals surface area contributed by atoms with Crippen LogP contribution in [-0.4, -0.2) is 67.9 Å². The zero-order valence-electron chi connectivity index (χ0n) is 18.9. The van der Waals surface area contributed by atoms with Gasteiger partial charge < -0.3 is 4.90 Å². The van der Waals surface area contributed by atoms with Crippen molar-refractivity contribution in [3.05, 3.63) is 35.2 Å². The highest BCUT2D eigenvalue weighted by Gasteiger charge is 2.31. The van der Waals surface area contributed by atoms with Gasteiger partial charge in [-0.05, 0) is 45.6 Å². The maximum Gasteiger partial charge on any atom is 0.252 e. The van der Waals surface area contributed by atoms with Crippen LogP contribution in [0, 0.1) is 13.8 Å². The summed E-state index contributed by atoms with van der Waals surface area (Å²) in [6, 6.07) is 0. The van der Waals surface area contributed by atoms with E-state index in [-0.39, 0.29) is 16.7 Å². The summed E-state index contributed by atoms with van der Waals surface area (Å²) in [6.07, 6.45) is 6.50. The molecule has 0 spiro atoms. The summed E-state index contributed by atoms with van der Waals surface area (Å²) >= 11 is 0. The summed E-state index contributed by atoms with van der Waals surface area (Å²) < 4.78 is 28.3. The molecule has 0 aromatic carbocycles. The van der Waals surface area contributed by atoms with Crippen molar-refractivity contribution in [3.63, 3.8) is 0 Å². The van der Waals surface area contributed by atoms with Crippen molar-refractivity contribution < 1.29 is 13.2 Å². The molecule has 10 nitrogen and oxygen atoms in total. The van der Waals surface area contributed by atoms with Crippen LogP contribution in [0.3, 0.4) is 0 Å². The standard InChI is InChI=1S/C21H29N7O3S/c1-5-27-15(3)17(14(2)25-27)8-9-19(29)26-10-6-7-16(12-26)20-18(32(4,30)31)11-22-21-23-13-24-28(20)21/h11,13,16H,5-10,12H2,1-4H3. The van der Waals surface area contributed by atoms with Gasteiger partial charge in [0, 0.05) is 43.9 Å². The van der Waals surface area contributed by atoms with E-state index in [1.807, 2.05) is 23.4 Å². The van der Waals surface area contributed by atoms with E-state index < -0.39 is 9.84 Å². The second kappa shape index (κ2) is 8.61. The van der Waals surface area contributed by atoms with Crippen molar-refractivity contribution in [3.8, 4) is 0 Å². The van der Waals surface area contributed by atoms with E-state index in [9.17, 15) is 13.2 Å². The molecule has 3 aromatic heterocycles. The van der Waals surface area contributed by atoms with E-state index >= 15 is 0 Å². The number of carbonyl (C=O) groups is 1. The largest absolute Gasteiger partial charge is 0.342 e. The second-order valence-electron chi connectivity index (χ2n) is 8.40. The lowest BCUT2D eigenvalue weighted by Gasteiger charge is -2.33. The van der Waals surface area contributed by atoms with Crippen molar-refractivity contribution in [2.24, 2.45) is 0 Å². The molecule has 1 saturated heterocycles. The molecule has 0 aliphatic carbocycles. The molecule has 11 heteroatoms. The molecule has 1 aliphatic rings. The Morgan fingerprint density at radius 1 is 1.25 bits per heavy atom. The van der Waals surface area contributed by atoms with Crippen LogP contribution in [0.2, 0.25) is 0 Å². The molecule has 4 heterocycles. The molecular formula is C21H29N7O3S. The minimum atomic E-state index is -3.51. The van der Waals surface area contributed by atoms with Crippen LogP contribution in [0.4, 0.5) is 0 Å². The quantitative estimate of drug-likeness (QED) is 0.551. The average Bonchev–Trinajstić information content (AvgIpc) is 3.34. The van der Waals surface area contributed by atoms with Crippen LogP contribution in [0.25, 0.3) is 5.78 Å². The van der Waals surface area contributed by atoms with Gasteiger partial charge in [-0.3, -0.25) is 9.48 Å². The molecule has 32 heavy (non-hydrogen) atoms. The number of amides is 1. The minimum absolute atomic E-state index is 0.0718. The summed E-state index contributed by atoms with van der Waals surface area (Å²) in [5, 5.41) is 8.75. The minimum Gasteiger partial charge on any atom is -0.342 e. The molecule has 0 saturated carbocycles. The van der Waals surface area contributed by atoms with E-state index in [1.165, 1.54) is 23.3 Å². The Labute approximate surface area is 187 Å². The first kappa shape index (κ1) is 22.4. The molecule has 1 aliphatic heterocycles. The monoisotopic (exact) mass is 459 g/mol. The first-order chi connectivity index (χ1) is 15.2. The third kappa shape index (κ3) is 4.13. The first-order valence-electron chi connectivity index (χ1n) is 10.9. The Morgan fingerprint density at radius 2 is 2.03 bits per heavy atom. The molecule has 1 atom stereocenters. The third-order valence-electron chi connectivity index (χ3n) is 6.29. The van der Waals surface area contributed by atoms with E-state index in [0.29, 0.717) is 37.4 Å². The zero-order valence-corrected chi connectivity index (χ0v) is 19.8. The van der Waals surface area contributed by atoms with E-state index in [1.54, 1.807) is 0 Å². The number of hydrogen-bond donors (Lipinski definition) is 0. The van der Waals surface area contributed by atoms with Crippen molar-refractivity contribution >= 4 is 21.5 Å². The van der Waals surface area contributed by atoms with Gasteiger partial charge in [-0.2, -0.15) is 19.7 Å².